The van der Waals surface area contributed by atoms with Crippen LogP contribution in [0.25, 0.3) is 0 Å². The van der Waals surface area contributed by atoms with Gasteiger partial charge in [0.25, 0.3) is 0 Å². The molecule has 1 atom stereocenters. The van der Waals surface area contributed by atoms with Crippen molar-refractivity contribution in [3.05, 3.63) is 88.5 Å². The van der Waals surface area contributed by atoms with Gasteiger partial charge in [-0.1, -0.05) is 30.3 Å². The van der Waals surface area contributed by atoms with Gasteiger partial charge >= 0.3 is 0 Å². The lowest BCUT2D eigenvalue weighted by Gasteiger charge is -2.30. The molecular weight excluding hydrogens is 386 g/mol. The molecule has 2 nitrogen and oxygen atoms in total. The quantitative estimate of drug-likeness (QED) is 0.372. The van der Waals surface area contributed by atoms with Crippen molar-refractivity contribution in [2.75, 3.05) is 24.7 Å². The molecule has 1 spiro atoms. The zero-order chi connectivity index (χ0) is 20.6. The molecule has 30 heavy (non-hydrogen) atoms. The van der Waals surface area contributed by atoms with Crippen LogP contribution < -0.4 is 10.1 Å². The van der Waals surface area contributed by atoms with Crippen molar-refractivity contribution in [2.45, 2.75) is 42.9 Å². The van der Waals surface area contributed by atoms with Crippen LogP contribution in [-0.2, 0) is 18.3 Å². The number of thioether (sulfide) groups is 1. The predicted molar refractivity (Wildman–Crippen MR) is 127 cm³/mol. The van der Waals surface area contributed by atoms with Crippen molar-refractivity contribution in [1.82, 2.24) is 0 Å². The molecule has 0 amide bonds. The molecule has 3 heteroatoms. The monoisotopic (exact) mass is 415 g/mol. The molecular formula is C27H29NOS. The van der Waals surface area contributed by atoms with E-state index in [9.17, 15) is 0 Å². The molecule has 2 aliphatic carbocycles. The molecule has 0 fully saturated rings. The first-order valence-corrected chi connectivity index (χ1v) is 11.9. The Kier molecular flexibility index (Phi) is 5.24. The maximum Gasteiger partial charge on any atom is 0.118 e. The van der Waals surface area contributed by atoms with Gasteiger partial charge in [-0.3, -0.25) is 0 Å². The van der Waals surface area contributed by atoms with Gasteiger partial charge in [0.05, 0.1) is 7.11 Å². The number of benzene rings is 3. The third-order valence-corrected chi connectivity index (χ3v) is 7.87. The molecule has 0 radical (unpaired) electrons. The Labute approximate surface area is 184 Å². The van der Waals surface area contributed by atoms with Gasteiger partial charge in [-0.15, -0.1) is 11.8 Å². The Morgan fingerprint density at radius 2 is 1.60 bits per heavy atom. The van der Waals surface area contributed by atoms with Crippen LogP contribution in [0.1, 0.15) is 40.7 Å². The second kappa shape index (κ2) is 8.03. The average molecular weight is 416 g/mol. The Balaban J connectivity index is 1.35. The number of hydrogen-bond acceptors (Lipinski definition) is 3. The lowest BCUT2D eigenvalue weighted by molar-refractivity contribution is 0.414. The van der Waals surface area contributed by atoms with E-state index < -0.39 is 0 Å². The van der Waals surface area contributed by atoms with Crippen LogP contribution in [0.2, 0.25) is 0 Å². The molecule has 3 aromatic rings. The molecule has 3 aromatic carbocycles. The van der Waals surface area contributed by atoms with E-state index in [-0.39, 0.29) is 5.41 Å². The minimum Gasteiger partial charge on any atom is -0.497 e. The van der Waals surface area contributed by atoms with Gasteiger partial charge in [0.15, 0.2) is 0 Å². The summed E-state index contributed by atoms with van der Waals surface area (Å²) in [5, 5.41) is 3.79. The van der Waals surface area contributed by atoms with Gasteiger partial charge in [-0.25, -0.2) is 0 Å². The molecule has 154 valence electrons. The molecule has 0 saturated carbocycles. The van der Waals surface area contributed by atoms with Crippen molar-refractivity contribution in [2.24, 2.45) is 0 Å². The molecule has 0 saturated heterocycles. The van der Waals surface area contributed by atoms with Crippen molar-refractivity contribution >= 4 is 17.4 Å². The summed E-state index contributed by atoms with van der Waals surface area (Å²) in [4.78, 5) is 1.28. The van der Waals surface area contributed by atoms with Crippen molar-refractivity contribution in [1.29, 1.82) is 0 Å². The summed E-state index contributed by atoms with van der Waals surface area (Å²) in [5.74, 6) is 1.95. The molecule has 5 rings (SSSR count). The maximum atomic E-state index is 5.25. The van der Waals surface area contributed by atoms with E-state index in [1.807, 2.05) is 23.9 Å². The average Bonchev–Trinajstić information content (AvgIpc) is 3.35. The molecule has 0 heterocycles. The third-order valence-electron chi connectivity index (χ3n) is 6.85. The molecule has 0 aromatic heterocycles. The summed E-state index contributed by atoms with van der Waals surface area (Å²) in [5.41, 5.74) is 9.31. The van der Waals surface area contributed by atoms with Crippen LogP contribution in [0.5, 0.6) is 5.75 Å². The second-order valence-electron chi connectivity index (χ2n) is 8.48. The summed E-state index contributed by atoms with van der Waals surface area (Å²) in [6.07, 6.45) is 4.90. The largest absolute Gasteiger partial charge is 0.497 e. The number of ether oxygens (including phenoxy) is 1. The van der Waals surface area contributed by atoms with Crippen LogP contribution in [-0.4, -0.2) is 19.4 Å². The van der Waals surface area contributed by atoms with E-state index in [4.69, 9.17) is 4.74 Å². The van der Waals surface area contributed by atoms with E-state index in [1.54, 1.807) is 29.4 Å². The molecule has 0 bridgehead atoms. The lowest BCUT2D eigenvalue weighted by Crippen LogP contribution is -2.24. The highest BCUT2D eigenvalue weighted by Gasteiger charge is 2.46. The fraction of sp³-hybridized carbons (Fsp3) is 0.333. The Hall–Kier alpha value is -2.39. The maximum absolute atomic E-state index is 5.25. The van der Waals surface area contributed by atoms with Gasteiger partial charge in [0.1, 0.15) is 5.75 Å². The summed E-state index contributed by atoms with van der Waals surface area (Å²) < 4.78 is 5.25. The summed E-state index contributed by atoms with van der Waals surface area (Å²) in [7, 11) is 1.71. The van der Waals surface area contributed by atoms with Crippen LogP contribution in [0.4, 0.5) is 5.69 Å². The number of rotatable bonds is 6. The molecule has 0 unspecified atom stereocenters. The van der Waals surface area contributed by atoms with Crippen molar-refractivity contribution in [3.63, 3.8) is 0 Å². The number of aryl methyl sites for hydroxylation is 3. The van der Waals surface area contributed by atoms with Crippen molar-refractivity contribution < 1.29 is 4.74 Å². The summed E-state index contributed by atoms with van der Waals surface area (Å²) in [6, 6.07) is 22.1. The normalized spacial score (nSPS) is 19.0. The molecule has 0 aliphatic heterocycles. The minimum atomic E-state index is 0.211. The van der Waals surface area contributed by atoms with Gasteiger partial charge in [0, 0.05) is 28.3 Å². The van der Waals surface area contributed by atoms with Gasteiger partial charge in [-0.2, -0.15) is 0 Å². The smallest absolute Gasteiger partial charge is 0.118 e. The zero-order valence-electron chi connectivity index (χ0n) is 17.8. The van der Waals surface area contributed by atoms with Crippen LogP contribution in [0.15, 0.2) is 65.6 Å². The fourth-order valence-electron chi connectivity index (χ4n) is 5.62. The number of methoxy groups -OCH3 is 1. The van der Waals surface area contributed by atoms with E-state index in [2.05, 4.69) is 60.8 Å². The van der Waals surface area contributed by atoms with Gasteiger partial charge in [0.2, 0.25) is 0 Å². The fourth-order valence-corrected chi connectivity index (χ4v) is 6.38. The third kappa shape index (κ3) is 3.30. The van der Waals surface area contributed by atoms with E-state index >= 15 is 0 Å². The number of nitrogens with one attached hydrogen (secondary N) is 1. The Bertz CT molecular complexity index is 1050. The van der Waals surface area contributed by atoms with Gasteiger partial charge in [-0.05, 0) is 90.8 Å². The highest BCUT2D eigenvalue weighted by atomic mass is 32.2. The van der Waals surface area contributed by atoms with Crippen molar-refractivity contribution in [3.8, 4) is 5.75 Å². The van der Waals surface area contributed by atoms with Crippen LogP contribution in [0, 0.1) is 6.92 Å². The number of fused-ring (bicyclic) bond motifs is 4. The SMILES string of the molecule is COc1ccc(SCCNc2cccc3c2[C@]2(CCc4cccc(C)c42)CC3)cc1. The second-order valence-corrected chi connectivity index (χ2v) is 9.65. The number of hydrogen-bond donors (Lipinski definition) is 1. The van der Waals surface area contributed by atoms with Crippen LogP contribution in [0.3, 0.4) is 0 Å². The molecule has 1 N–H and O–H groups in total. The first-order valence-electron chi connectivity index (χ1n) is 10.9. The highest BCUT2D eigenvalue weighted by Crippen LogP contribution is 2.55. The Morgan fingerprint density at radius 1 is 0.900 bits per heavy atom. The first kappa shape index (κ1) is 19.6. The molecule has 2 aliphatic rings. The Morgan fingerprint density at radius 3 is 2.33 bits per heavy atom. The van der Waals surface area contributed by atoms with E-state index in [0.29, 0.717) is 0 Å². The highest BCUT2D eigenvalue weighted by molar-refractivity contribution is 7.99. The summed E-state index contributed by atoms with van der Waals surface area (Å²) >= 11 is 1.89. The first-order chi connectivity index (χ1) is 14.7. The van der Waals surface area contributed by atoms with E-state index in [0.717, 1.165) is 18.0 Å². The zero-order valence-corrected chi connectivity index (χ0v) is 18.6. The predicted octanol–water partition coefficient (Wildman–Crippen LogP) is 6.39. The minimum absolute atomic E-state index is 0.211. The number of anilines is 1. The van der Waals surface area contributed by atoms with E-state index in [1.165, 1.54) is 41.8 Å². The summed E-state index contributed by atoms with van der Waals surface area (Å²) in [6.45, 7) is 3.26. The standard InChI is InChI=1S/C27H29NOS/c1-19-5-3-6-20-13-15-27(25(19)20)16-14-21-7-4-8-24(26(21)27)28-17-18-30-23-11-9-22(29-2)10-12-23/h3-12,28H,13-18H2,1-2H3/t27-/m1/s1. The van der Waals surface area contributed by atoms with Gasteiger partial charge < -0.3 is 10.1 Å². The lowest BCUT2D eigenvalue weighted by atomic mass is 9.74. The van der Waals surface area contributed by atoms with Crippen LogP contribution >= 0.6 is 11.8 Å². The topological polar surface area (TPSA) is 21.3 Å².